The summed E-state index contributed by atoms with van der Waals surface area (Å²) < 4.78 is 0.946. The molecule has 5 heteroatoms. The molecule has 4 nitrogen and oxygen atoms in total. The van der Waals surface area contributed by atoms with Gasteiger partial charge in [0.05, 0.1) is 0 Å². The van der Waals surface area contributed by atoms with Crippen molar-refractivity contribution in [2.45, 2.75) is 44.6 Å². The summed E-state index contributed by atoms with van der Waals surface area (Å²) in [5.41, 5.74) is 6.40. The van der Waals surface area contributed by atoms with E-state index < -0.39 is 11.9 Å². The lowest BCUT2D eigenvalue weighted by Gasteiger charge is -2.23. The third-order valence-electron chi connectivity index (χ3n) is 3.96. The predicted molar refractivity (Wildman–Crippen MR) is 85.5 cm³/mol. The number of amides is 2. The Balaban J connectivity index is 1.98. The Morgan fingerprint density at radius 1 is 1.29 bits per heavy atom. The van der Waals surface area contributed by atoms with Crippen molar-refractivity contribution in [1.82, 2.24) is 5.32 Å². The molecule has 1 atom stereocenters. The van der Waals surface area contributed by atoms with Gasteiger partial charge in [-0.15, -0.1) is 0 Å². The fraction of sp³-hybridized carbons (Fsp3) is 0.500. The first kappa shape index (κ1) is 16.0. The molecule has 0 aliphatic heterocycles. The summed E-state index contributed by atoms with van der Waals surface area (Å²) in [5.74, 6) is -0.490. The molecule has 0 spiro atoms. The lowest BCUT2D eigenvalue weighted by molar-refractivity contribution is -0.130. The molecule has 1 aromatic carbocycles. The maximum atomic E-state index is 12.2. The Bertz CT molecular complexity index is 513. The Morgan fingerprint density at radius 2 is 2.00 bits per heavy atom. The van der Waals surface area contributed by atoms with Gasteiger partial charge in [0.25, 0.3) is 0 Å². The number of carbonyl (C=O) groups is 2. The molecule has 0 aromatic heterocycles. The minimum atomic E-state index is -0.645. The van der Waals surface area contributed by atoms with E-state index in [1.807, 2.05) is 24.3 Å². The summed E-state index contributed by atoms with van der Waals surface area (Å²) >= 11 is 3.40. The number of rotatable bonds is 5. The molecular weight excluding hydrogens is 332 g/mol. The van der Waals surface area contributed by atoms with Crippen molar-refractivity contribution < 1.29 is 9.59 Å². The van der Waals surface area contributed by atoms with E-state index >= 15 is 0 Å². The van der Waals surface area contributed by atoms with Gasteiger partial charge in [0.15, 0.2) is 0 Å². The topological polar surface area (TPSA) is 72.2 Å². The summed E-state index contributed by atoms with van der Waals surface area (Å²) in [6.45, 7) is 0. The van der Waals surface area contributed by atoms with Crippen LogP contribution in [-0.4, -0.2) is 17.9 Å². The molecule has 1 aliphatic rings. The number of nitrogens with one attached hydrogen (secondary N) is 1. The fourth-order valence-electron chi connectivity index (χ4n) is 2.78. The molecule has 1 saturated carbocycles. The van der Waals surface area contributed by atoms with Crippen LogP contribution >= 0.6 is 15.9 Å². The van der Waals surface area contributed by atoms with Crippen LogP contribution in [0.15, 0.2) is 28.7 Å². The van der Waals surface area contributed by atoms with E-state index in [2.05, 4.69) is 21.2 Å². The number of carbonyl (C=O) groups excluding carboxylic acids is 2. The second-order valence-corrected chi connectivity index (χ2v) is 6.55. The summed E-state index contributed by atoms with van der Waals surface area (Å²) in [5, 5.41) is 2.83. The van der Waals surface area contributed by atoms with Gasteiger partial charge in [0.2, 0.25) is 11.8 Å². The number of benzene rings is 1. The molecule has 2 amide bonds. The van der Waals surface area contributed by atoms with Crippen molar-refractivity contribution in [1.29, 1.82) is 0 Å². The Labute approximate surface area is 133 Å². The van der Waals surface area contributed by atoms with Crippen LogP contribution in [0.2, 0.25) is 0 Å². The zero-order chi connectivity index (χ0) is 15.2. The van der Waals surface area contributed by atoms with E-state index in [4.69, 9.17) is 5.73 Å². The van der Waals surface area contributed by atoms with Gasteiger partial charge in [-0.3, -0.25) is 9.59 Å². The number of halogens is 1. The smallest absolute Gasteiger partial charge is 0.240 e. The van der Waals surface area contributed by atoms with Gasteiger partial charge in [0.1, 0.15) is 6.04 Å². The molecule has 2 rings (SSSR count). The van der Waals surface area contributed by atoms with Crippen molar-refractivity contribution in [2.75, 3.05) is 0 Å². The van der Waals surface area contributed by atoms with Crippen molar-refractivity contribution in [3.8, 4) is 0 Å². The summed E-state index contributed by atoms with van der Waals surface area (Å²) in [7, 11) is 0. The maximum absolute atomic E-state index is 12.2. The molecule has 21 heavy (non-hydrogen) atoms. The van der Waals surface area contributed by atoms with E-state index in [9.17, 15) is 9.59 Å². The molecule has 3 N–H and O–H groups in total. The van der Waals surface area contributed by atoms with Crippen molar-refractivity contribution >= 4 is 27.7 Å². The van der Waals surface area contributed by atoms with Crippen molar-refractivity contribution in [3.63, 3.8) is 0 Å². The molecule has 0 radical (unpaired) electrons. The molecule has 1 fully saturated rings. The van der Waals surface area contributed by atoms with E-state index in [1.165, 1.54) is 6.42 Å². The highest BCUT2D eigenvalue weighted by atomic mass is 79.9. The molecule has 1 aliphatic carbocycles. The third kappa shape index (κ3) is 4.84. The van der Waals surface area contributed by atoms with Crippen LogP contribution in [0.25, 0.3) is 0 Å². The monoisotopic (exact) mass is 352 g/mol. The van der Waals surface area contributed by atoms with Gasteiger partial charge < -0.3 is 11.1 Å². The SMILES string of the molecule is NC(=O)[C@H](Cc1cccc(Br)c1)NC(=O)C1CCCCC1. The zero-order valence-corrected chi connectivity index (χ0v) is 13.6. The number of hydrogen-bond acceptors (Lipinski definition) is 2. The summed E-state index contributed by atoms with van der Waals surface area (Å²) in [6, 6.07) is 7.04. The Morgan fingerprint density at radius 3 is 2.62 bits per heavy atom. The normalized spacial score (nSPS) is 17.2. The van der Waals surface area contributed by atoms with Crippen LogP contribution in [0.1, 0.15) is 37.7 Å². The zero-order valence-electron chi connectivity index (χ0n) is 12.0. The van der Waals surface area contributed by atoms with E-state index in [1.54, 1.807) is 0 Å². The molecular formula is C16H21BrN2O2. The van der Waals surface area contributed by atoms with Crippen LogP contribution in [0.5, 0.6) is 0 Å². The van der Waals surface area contributed by atoms with Gasteiger partial charge >= 0.3 is 0 Å². The van der Waals surface area contributed by atoms with Crippen LogP contribution in [-0.2, 0) is 16.0 Å². The molecule has 0 saturated heterocycles. The minimum absolute atomic E-state index is 0.0307. The van der Waals surface area contributed by atoms with Crippen LogP contribution in [0.4, 0.5) is 0 Å². The van der Waals surface area contributed by atoms with Crippen LogP contribution in [0, 0.1) is 5.92 Å². The van der Waals surface area contributed by atoms with Gasteiger partial charge in [-0.2, -0.15) is 0 Å². The third-order valence-corrected chi connectivity index (χ3v) is 4.46. The molecule has 0 heterocycles. The first-order chi connectivity index (χ1) is 10.1. The van der Waals surface area contributed by atoms with Gasteiger partial charge in [-0.25, -0.2) is 0 Å². The predicted octanol–water partition coefficient (Wildman–Crippen LogP) is 2.54. The minimum Gasteiger partial charge on any atom is -0.368 e. The van der Waals surface area contributed by atoms with Gasteiger partial charge in [-0.1, -0.05) is 47.3 Å². The first-order valence-electron chi connectivity index (χ1n) is 7.40. The van der Waals surface area contributed by atoms with Gasteiger partial charge in [0, 0.05) is 16.8 Å². The summed E-state index contributed by atoms with van der Waals surface area (Å²) in [4.78, 5) is 23.8. The Hall–Kier alpha value is -1.36. The second-order valence-electron chi connectivity index (χ2n) is 5.63. The second kappa shape index (κ2) is 7.59. The largest absolute Gasteiger partial charge is 0.368 e. The number of hydrogen-bond donors (Lipinski definition) is 2. The molecule has 0 unspecified atom stereocenters. The fourth-order valence-corrected chi connectivity index (χ4v) is 3.22. The maximum Gasteiger partial charge on any atom is 0.240 e. The molecule has 0 bridgehead atoms. The summed E-state index contributed by atoms with van der Waals surface area (Å²) in [6.07, 6.45) is 5.62. The quantitative estimate of drug-likeness (QED) is 0.854. The highest BCUT2D eigenvalue weighted by Crippen LogP contribution is 2.24. The van der Waals surface area contributed by atoms with Crippen molar-refractivity contribution in [3.05, 3.63) is 34.3 Å². The average molecular weight is 353 g/mol. The van der Waals surface area contributed by atoms with Gasteiger partial charge in [-0.05, 0) is 30.5 Å². The average Bonchev–Trinajstić information content (AvgIpc) is 2.47. The highest BCUT2D eigenvalue weighted by Gasteiger charge is 2.25. The van der Waals surface area contributed by atoms with E-state index in [-0.39, 0.29) is 11.8 Å². The standard InChI is InChI=1S/C16H21BrN2O2/c17-13-8-4-5-11(9-13)10-14(15(18)20)19-16(21)12-6-2-1-3-7-12/h4-5,8-9,12,14H,1-3,6-7,10H2,(H2,18,20)(H,19,21)/t14-/m0/s1. The molecule has 1 aromatic rings. The lowest BCUT2D eigenvalue weighted by atomic mass is 9.88. The van der Waals surface area contributed by atoms with E-state index in [0.29, 0.717) is 6.42 Å². The molecule has 114 valence electrons. The number of primary amides is 1. The van der Waals surface area contributed by atoms with Crippen LogP contribution in [0.3, 0.4) is 0 Å². The Kier molecular flexibility index (Phi) is 5.79. The van der Waals surface area contributed by atoms with Crippen LogP contribution < -0.4 is 11.1 Å². The van der Waals surface area contributed by atoms with Crippen molar-refractivity contribution in [2.24, 2.45) is 11.7 Å². The number of nitrogens with two attached hydrogens (primary N) is 1. The first-order valence-corrected chi connectivity index (χ1v) is 8.19. The highest BCUT2D eigenvalue weighted by molar-refractivity contribution is 9.10. The lowest BCUT2D eigenvalue weighted by Crippen LogP contribution is -2.48. The van der Waals surface area contributed by atoms with E-state index in [0.717, 1.165) is 35.7 Å².